The van der Waals surface area contributed by atoms with Crippen LogP contribution in [0, 0.1) is 33.3 Å². The minimum Gasteiger partial charge on any atom is -0.379 e. The molecule has 0 unspecified atom stereocenters. The van der Waals surface area contributed by atoms with Gasteiger partial charge in [-0.3, -0.25) is 19.7 Å². The minimum atomic E-state index is -0.564. The van der Waals surface area contributed by atoms with Crippen LogP contribution in [-0.4, -0.2) is 26.7 Å². The Morgan fingerprint density at radius 3 is 2.52 bits per heavy atom. The molecule has 0 radical (unpaired) electrons. The van der Waals surface area contributed by atoms with E-state index in [0.717, 1.165) is 11.1 Å². The number of hydrogen-bond acceptors (Lipinski definition) is 6. The Bertz CT molecular complexity index is 1100. The smallest absolute Gasteiger partial charge is 0.288 e. The Kier molecular flexibility index (Phi) is 7.11. The van der Waals surface area contributed by atoms with Crippen molar-refractivity contribution >= 4 is 34.6 Å². The van der Waals surface area contributed by atoms with Crippen LogP contribution < -0.4 is 16.2 Å². The van der Waals surface area contributed by atoms with Crippen molar-refractivity contribution in [1.82, 2.24) is 9.78 Å². The number of carbonyl (C=O) groups excluding carboxylic acids is 1. The molecule has 1 aromatic heterocycles. The molecule has 0 saturated heterocycles. The summed E-state index contributed by atoms with van der Waals surface area (Å²) in [5, 5.41) is 20.8. The van der Waals surface area contributed by atoms with Gasteiger partial charge in [0.1, 0.15) is 11.6 Å². The lowest BCUT2D eigenvalue weighted by molar-refractivity contribution is -0.384. The number of rotatable bonds is 6. The summed E-state index contributed by atoms with van der Waals surface area (Å²) in [5.41, 5.74) is 0.413. The van der Waals surface area contributed by atoms with Gasteiger partial charge in [-0.1, -0.05) is 46.2 Å². The van der Waals surface area contributed by atoms with Gasteiger partial charge < -0.3 is 10.6 Å². The Labute approximate surface area is 197 Å². The normalized spacial score (nSPS) is 24.2. The third-order valence-corrected chi connectivity index (χ3v) is 7.82. The number of nitrogens with zero attached hydrogens (tertiary/aromatic N) is 3. The van der Waals surface area contributed by atoms with Gasteiger partial charge in [0, 0.05) is 23.9 Å². The van der Waals surface area contributed by atoms with Gasteiger partial charge in [0.15, 0.2) is 0 Å². The molecule has 178 valence electrons. The van der Waals surface area contributed by atoms with E-state index >= 15 is 0 Å². The SMILES string of the molecule is C[C@@H]1[C@@H](C)C(C)(C)[C@@H](C)C[C@H]1Nc1cnn(CC(=O)Nc2ccc([N+](=O)[O-])cc2)c(=O)c1Cl. The molecule has 3 rings (SSSR count). The van der Waals surface area contributed by atoms with Crippen LogP contribution in [0.1, 0.15) is 41.0 Å². The van der Waals surface area contributed by atoms with Gasteiger partial charge in [-0.15, -0.1) is 0 Å². The monoisotopic (exact) mass is 475 g/mol. The Balaban J connectivity index is 1.69. The second-order valence-electron chi connectivity index (χ2n) is 9.54. The Morgan fingerprint density at radius 1 is 1.27 bits per heavy atom. The number of hydrogen-bond donors (Lipinski definition) is 2. The van der Waals surface area contributed by atoms with Crippen LogP contribution in [0.3, 0.4) is 0 Å². The van der Waals surface area contributed by atoms with Crippen molar-refractivity contribution in [1.29, 1.82) is 0 Å². The molecular weight excluding hydrogens is 446 g/mol. The first-order valence-electron chi connectivity index (χ1n) is 11.0. The fourth-order valence-corrected chi connectivity index (χ4v) is 4.65. The van der Waals surface area contributed by atoms with Gasteiger partial charge in [-0.25, -0.2) is 4.68 Å². The zero-order chi connectivity index (χ0) is 24.5. The number of nitro benzene ring substituents is 1. The molecule has 0 aliphatic heterocycles. The van der Waals surface area contributed by atoms with E-state index in [1.54, 1.807) is 0 Å². The molecule has 1 heterocycles. The molecule has 2 N–H and O–H groups in total. The second kappa shape index (κ2) is 9.51. The van der Waals surface area contributed by atoms with E-state index in [2.05, 4.69) is 50.4 Å². The lowest BCUT2D eigenvalue weighted by Gasteiger charge is -2.50. The van der Waals surface area contributed by atoms with E-state index in [4.69, 9.17) is 11.6 Å². The molecule has 0 bridgehead atoms. The fourth-order valence-electron chi connectivity index (χ4n) is 4.45. The summed E-state index contributed by atoms with van der Waals surface area (Å²) in [4.78, 5) is 35.3. The molecule has 1 aromatic carbocycles. The first-order chi connectivity index (χ1) is 15.4. The fraction of sp³-hybridized carbons (Fsp3) is 0.522. The predicted octanol–water partition coefficient (Wildman–Crippen LogP) is 4.56. The molecule has 0 spiro atoms. The molecule has 1 aliphatic carbocycles. The lowest BCUT2D eigenvalue weighted by atomic mass is 9.58. The zero-order valence-corrected chi connectivity index (χ0v) is 20.2. The quantitative estimate of drug-likeness (QED) is 0.466. The highest BCUT2D eigenvalue weighted by atomic mass is 35.5. The van der Waals surface area contributed by atoms with Crippen molar-refractivity contribution in [3.8, 4) is 0 Å². The summed E-state index contributed by atoms with van der Waals surface area (Å²) in [6, 6.07) is 5.56. The highest BCUT2D eigenvalue weighted by molar-refractivity contribution is 6.32. The summed E-state index contributed by atoms with van der Waals surface area (Å²) in [5.74, 6) is 0.855. The van der Waals surface area contributed by atoms with Gasteiger partial charge in [0.2, 0.25) is 5.91 Å². The predicted molar refractivity (Wildman–Crippen MR) is 129 cm³/mol. The van der Waals surface area contributed by atoms with Crippen LogP contribution in [0.5, 0.6) is 0 Å². The molecule has 1 saturated carbocycles. The number of halogens is 1. The largest absolute Gasteiger partial charge is 0.379 e. The third-order valence-electron chi connectivity index (χ3n) is 7.46. The third kappa shape index (κ3) is 5.19. The van der Waals surface area contributed by atoms with Crippen molar-refractivity contribution in [2.24, 2.45) is 23.2 Å². The number of nitrogens with one attached hydrogen (secondary N) is 2. The average Bonchev–Trinajstić information content (AvgIpc) is 2.76. The number of non-ortho nitro benzene ring substituents is 1. The first kappa shape index (κ1) is 24.7. The van der Waals surface area contributed by atoms with Gasteiger partial charge >= 0.3 is 0 Å². The zero-order valence-electron chi connectivity index (χ0n) is 19.5. The van der Waals surface area contributed by atoms with Crippen molar-refractivity contribution in [2.45, 2.75) is 53.6 Å². The number of benzene rings is 1. The van der Waals surface area contributed by atoms with Crippen molar-refractivity contribution < 1.29 is 9.72 Å². The molecule has 4 atom stereocenters. The number of anilines is 2. The van der Waals surface area contributed by atoms with Crippen molar-refractivity contribution in [3.63, 3.8) is 0 Å². The highest BCUT2D eigenvalue weighted by Gasteiger charge is 2.43. The molecule has 2 aromatic rings. The van der Waals surface area contributed by atoms with Crippen LogP contribution in [0.15, 0.2) is 35.3 Å². The van der Waals surface area contributed by atoms with E-state index in [1.807, 2.05) is 0 Å². The van der Waals surface area contributed by atoms with Gasteiger partial charge in [0.25, 0.3) is 11.2 Å². The van der Waals surface area contributed by atoms with Crippen LogP contribution in [0.4, 0.5) is 17.1 Å². The van der Waals surface area contributed by atoms with Crippen molar-refractivity contribution in [2.75, 3.05) is 10.6 Å². The van der Waals surface area contributed by atoms with E-state index < -0.39 is 16.4 Å². The molecule has 1 aliphatic rings. The summed E-state index contributed by atoms with van der Waals surface area (Å²) >= 11 is 6.35. The van der Waals surface area contributed by atoms with Crippen molar-refractivity contribution in [3.05, 3.63) is 56.0 Å². The average molecular weight is 476 g/mol. The number of nitro groups is 1. The Hall–Kier alpha value is -2.94. The van der Waals surface area contributed by atoms with Gasteiger partial charge in [-0.2, -0.15) is 5.10 Å². The first-order valence-corrected chi connectivity index (χ1v) is 11.4. The number of carbonyl (C=O) groups is 1. The number of aromatic nitrogens is 2. The standard InChI is InChI=1S/C23H30ClN5O4/c1-13-10-18(14(2)15(3)23(13,4)5)27-19-11-25-28(22(31)21(19)24)12-20(30)26-16-6-8-17(9-7-16)29(32)33/h6-9,11,13-15,18,27H,10,12H2,1-5H3,(H,26,30)/t13-,14+,15+,18+/m0/s1. The highest BCUT2D eigenvalue weighted by Crippen LogP contribution is 2.48. The summed E-state index contributed by atoms with van der Waals surface area (Å²) in [6.07, 6.45) is 2.43. The summed E-state index contributed by atoms with van der Waals surface area (Å²) in [6.45, 7) is 11.0. The topological polar surface area (TPSA) is 119 Å². The maximum absolute atomic E-state index is 12.7. The Morgan fingerprint density at radius 2 is 1.91 bits per heavy atom. The molecular formula is C23H30ClN5O4. The molecule has 10 heteroatoms. The van der Waals surface area contributed by atoms with E-state index in [0.29, 0.717) is 29.1 Å². The number of amides is 1. The van der Waals surface area contributed by atoms with E-state index in [1.165, 1.54) is 30.5 Å². The molecule has 33 heavy (non-hydrogen) atoms. The molecule has 1 fully saturated rings. The lowest BCUT2D eigenvalue weighted by Crippen LogP contribution is -2.48. The second-order valence-corrected chi connectivity index (χ2v) is 9.92. The van der Waals surface area contributed by atoms with Gasteiger partial charge in [0.05, 0.1) is 16.8 Å². The van der Waals surface area contributed by atoms with Crippen LogP contribution in [0.2, 0.25) is 5.02 Å². The summed E-state index contributed by atoms with van der Waals surface area (Å²) in [7, 11) is 0. The maximum atomic E-state index is 12.7. The molecule has 9 nitrogen and oxygen atoms in total. The van der Waals surface area contributed by atoms with Gasteiger partial charge in [-0.05, 0) is 41.7 Å². The molecule has 1 amide bonds. The van der Waals surface area contributed by atoms with Crippen LogP contribution in [0.25, 0.3) is 0 Å². The van der Waals surface area contributed by atoms with Crippen LogP contribution in [-0.2, 0) is 11.3 Å². The summed E-state index contributed by atoms with van der Waals surface area (Å²) < 4.78 is 0.993. The van der Waals surface area contributed by atoms with E-state index in [9.17, 15) is 19.7 Å². The van der Waals surface area contributed by atoms with E-state index in [-0.39, 0.29) is 28.7 Å². The maximum Gasteiger partial charge on any atom is 0.288 e. The van der Waals surface area contributed by atoms with Crippen LogP contribution >= 0.6 is 11.6 Å². The minimum absolute atomic E-state index is 0.00882.